The second-order valence-corrected chi connectivity index (χ2v) is 7.34. The highest BCUT2D eigenvalue weighted by molar-refractivity contribution is 7.99. The monoisotopic (exact) mass is 291 g/mol. The molecule has 110 valence electrons. The molecule has 2 N–H and O–H groups in total. The Balaban J connectivity index is 1.83. The highest BCUT2D eigenvalue weighted by Gasteiger charge is 2.36. The number of ether oxygens (including phenoxy) is 1. The van der Waals surface area contributed by atoms with Crippen LogP contribution in [0.3, 0.4) is 0 Å². The zero-order valence-corrected chi connectivity index (χ0v) is 13.0. The molecule has 1 heterocycles. The van der Waals surface area contributed by atoms with E-state index in [4.69, 9.17) is 10.5 Å². The minimum absolute atomic E-state index is 0.167. The number of para-hydroxylation sites is 1. The molecule has 1 saturated heterocycles. The minimum atomic E-state index is 0.167. The standard InChI is InChI=1S/C17H25NOS/c18-13-17(9-3-4-10-17)15-5-1-2-6-16(15)19-14-7-11-20-12-8-14/h1-2,5-6,14H,3-4,7-13,18H2. The molecule has 3 rings (SSSR count). The van der Waals surface area contributed by atoms with E-state index in [-0.39, 0.29) is 5.41 Å². The van der Waals surface area contributed by atoms with Gasteiger partial charge in [0.05, 0.1) is 0 Å². The summed E-state index contributed by atoms with van der Waals surface area (Å²) in [4.78, 5) is 0. The maximum Gasteiger partial charge on any atom is 0.123 e. The van der Waals surface area contributed by atoms with Gasteiger partial charge >= 0.3 is 0 Å². The molecule has 3 heteroatoms. The Bertz CT molecular complexity index is 436. The van der Waals surface area contributed by atoms with E-state index < -0.39 is 0 Å². The summed E-state index contributed by atoms with van der Waals surface area (Å²) in [5, 5.41) is 0. The lowest BCUT2D eigenvalue weighted by Gasteiger charge is -2.32. The summed E-state index contributed by atoms with van der Waals surface area (Å²) in [5.74, 6) is 3.56. The van der Waals surface area contributed by atoms with Crippen molar-refractivity contribution in [1.29, 1.82) is 0 Å². The second kappa shape index (κ2) is 6.40. The van der Waals surface area contributed by atoms with E-state index in [2.05, 4.69) is 24.3 Å². The van der Waals surface area contributed by atoms with Gasteiger partial charge in [0.2, 0.25) is 0 Å². The first-order valence-electron chi connectivity index (χ1n) is 7.88. The molecule has 1 aliphatic heterocycles. The van der Waals surface area contributed by atoms with Crippen LogP contribution < -0.4 is 10.5 Å². The van der Waals surface area contributed by atoms with Crippen LogP contribution in [0, 0.1) is 0 Å². The van der Waals surface area contributed by atoms with Gasteiger partial charge in [0.1, 0.15) is 11.9 Å². The molecule has 1 saturated carbocycles. The molecule has 2 nitrogen and oxygen atoms in total. The molecule has 20 heavy (non-hydrogen) atoms. The first kappa shape index (κ1) is 14.3. The van der Waals surface area contributed by atoms with Crippen LogP contribution in [0.5, 0.6) is 5.75 Å². The molecule has 1 aliphatic carbocycles. The van der Waals surface area contributed by atoms with Gasteiger partial charge in [-0.1, -0.05) is 31.0 Å². The third-order valence-electron chi connectivity index (χ3n) is 4.87. The van der Waals surface area contributed by atoms with Crippen LogP contribution in [0.1, 0.15) is 44.1 Å². The molecular weight excluding hydrogens is 266 g/mol. The molecule has 0 bridgehead atoms. The summed E-state index contributed by atoms with van der Waals surface area (Å²) in [6.45, 7) is 0.744. The van der Waals surface area contributed by atoms with E-state index in [1.54, 1.807) is 0 Å². The maximum atomic E-state index is 6.36. The summed E-state index contributed by atoms with van der Waals surface area (Å²) in [6.07, 6.45) is 7.77. The molecule has 0 aromatic heterocycles. The normalized spacial score (nSPS) is 22.9. The lowest BCUT2D eigenvalue weighted by Crippen LogP contribution is -2.33. The fourth-order valence-corrected chi connectivity index (χ4v) is 4.68. The number of nitrogens with two attached hydrogens (primary N) is 1. The van der Waals surface area contributed by atoms with Gasteiger partial charge in [-0.3, -0.25) is 0 Å². The predicted molar refractivity (Wildman–Crippen MR) is 86.6 cm³/mol. The maximum absolute atomic E-state index is 6.36. The molecule has 2 fully saturated rings. The quantitative estimate of drug-likeness (QED) is 0.918. The van der Waals surface area contributed by atoms with Crippen molar-refractivity contribution in [2.24, 2.45) is 5.73 Å². The predicted octanol–water partition coefficient (Wildman–Crippen LogP) is 3.73. The van der Waals surface area contributed by atoms with Gasteiger partial charge in [0.15, 0.2) is 0 Å². The van der Waals surface area contributed by atoms with Crippen LogP contribution in [-0.4, -0.2) is 24.2 Å². The highest BCUT2D eigenvalue weighted by atomic mass is 32.2. The Morgan fingerprint density at radius 3 is 2.55 bits per heavy atom. The first-order valence-corrected chi connectivity index (χ1v) is 9.03. The Kier molecular flexibility index (Phi) is 4.57. The highest BCUT2D eigenvalue weighted by Crippen LogP contribution is 2.44. The Morgan fingerprint density at radius 1 is 1.15 bits per heavy atom. The van der Waals surface area contributed by atoms with Crippen molar-refractivity contribution in [3.63, 3.8) is 0 Å². The molecule has 1 aromatic carbocycles. The van der Waals surface area contributed by atoms with Crippen molar-refractivity contribution < 1.29 is 4.74 Å². The lowest BCUT2D eigenvalue weighted by atomic mass is 9.78. The van der Waals surface area contributed by atoms with Gasteiger partial charge < -0.3 is 10.5 Å². The van der Waals surface area contributed by atoms with E-state index in [1.165, 1.54) is 55.6 Å². The van der Waals surface area contributed by atoms with Crippen LogP contribution in [-0.2, 0) is 5.41 Å². The third kappa shape index (κ3) is 2.84. The first-order chi connectivity index (χ1) is 9.84. The van der Waals surface area contributed by atoms with Crippen molar-refractivity contribution in [3.05, 3.63) is 29.8 Å². The van der Waals surface area contributed by atoms with Crippen LogP contribution in [0.25, 0.3) is 0 Å². The fourth-order valence-electron chi connectivity index (χ4n) is 3.62. The van der Waals surface area contributed by atoms with Crippen LogP contribution in [0.4, 0.5) is 0 Å². The molecule has 0 radical (unpaired) electrons. The molecule has 2 aliphatic rings. The topological polar surface area (TPSA) is 35.2 Å². The van der Waals surface area contributed by atoms with E-state index >= 15 is 0 Å². The number of thioether (sulfide) groups is 1. The smallest absolute Gasteiger partial charge is 0.123 e. The Labute approximate surface area is 126 Å². The lowest BCUT2D eigenvalue weighted by molar-refractivity contribution is 0.187. The van der Waals surface area contributed by atoms with Crippen LogP contribution in [0.15, 0.2) is 24.3 Å². The van der Waals surface area contributed by atoms with Gasteiger partial charge in [-0.05, 0) is 43.3 Å². The average Bonchev–Trinajstić information content (AvgIpc) is 2.99. The zero-order chi connectivity index (χ0) is 13.8. The van der Waals surface area contributed by atoms with Crippen molar-refractivity contribution in [2.75, 3.05) is 18.1 Å². The van der Waals surface area contributed by atoms with E-state index in [9.17, 15) is 0 Å². The Morgan fingerprint density at radius 2 is 1.85 bits per heavy atom. The molecule has 1 aromatic rings. The number of benzene rings is 1. The second-order valence-electron chi connectivity index (χ2n) is 6.12. The summed E-state index contributed by atoms with van der Waals surface area (Å²) < 4.78 is 6.36. The number of rotatable bonds is 4. The molecule has 0 spiro atoms. The molecular formula is C17H25NOS. The van der Waals surface area contributed by atoms with Gasteiger partial charge in [-0.2, -0.15) is 11.8 Å². The third-order valence-corrected chi connectivity index (χ3v) is 5.92. The van der Waals surface area contributed by atoms with Gasteiger partial charge in [-0.25, -0.2) is 0 Å². The fraction of sp³-hybridized carbons (Fsp3) is 0.647. The number of hydrogen-bond acceptors (Lipinski definition) is 3. The minimum Gasteiger partial charge on any atom is -0.490 e. The van der Waals surface area contributed by atoms with Gasteiger partial charge in [0.25, 0.3) is 0 Å². The van der Waals surface area contributed by atoms with Crippen molar-refractivity contribution >= 4 is 11.8 Å². The molecule has 0 amide bonds. The summed E-state index contributed by atoms with van der Waals surface area (Å²) in [5.41, 5.74) is 7.67. The van der Waals surface area contributed by atoms with E-state index in [1.807, 2.05) is 11.8 Å². The molecule has 0 unspecified atom stereocenters. The zero-order valence-electron chi connectivity index (χ0n) is 12.1. The van der Waals surface area contributed by atoms with E-state index in [0.717, 1.165) is 12.3 Å². The van der Waals surface area contributed by atoms with Crippen molar-refractivity contribution in [3.8, 4) is 5.75 Å². The molecule has 0 atom stereocenters. The SMILES string of the molecule is NCC1(c2ccccc2OC2CCSCC2)CCCC1. The average molecular weight is 291 g/mol. The summed E-state index contributed by atoms with van der Waals surface area (Å²) >= 11 is 2.04. The van der Waals surface area contributed by atoms with Crippen LogP contribution >= 0.6 is 11.8 Å². The van der Waals surface area contributed by atoms with Gasteiger partial charge in [0, 0.05) is 17.5 Å². The number of hydrogen-bond donors (Lipinski definition) is 1. The largest absolute Gasteiger partial charge is 0.490 e. The van der Waals surface area contributed by atoms with Crippen molar-refractivity contribution in [2.45, 2.75) is 50.0 Å². The van der Waals surface area contributed by atoms with Crippen LogP contribution in [0.2, 0.25) is 0 Å². The summed E-state index contributed by atoms with van der Waals surface area (Å²) in [6, 6.07) is 8.61. The van der Waals surface area contributed by atoms with Gasteiger partial charge in [-0.15, -0.1) is 0 Å². The van der Waals surface area contributed by atoms with Crippen molar-refractivity contribution in [1.82, 2.24) is 0 Å². The summed E-state index contributed by atoms with van der Waals surface area (Å²) in [7, 11) is 0. The Hall–Kier alpha value is -0.670. The van der Waals surface area contributed by atoms with E-state index in [0.29, 0.717) is 6.10 Å².